The molecule has 3 rings (SSSR count). The summed E-state index contributed by atoms with van der Waals surface area (Å²) in [6, 6.07) is 0. The molecule has 2 aromatic rings. The molecular formula is C14H23N7. The molecule has 7 nitrogen and oxygen atoms in total. The lowest BCUT2D eigenvalue weighted by atomic mass is 10.3. The van der Waals surface area contributed by atoms with Gasteiger partial charge in [-0.25, -0.2) is 9.97 Å². The van der Waals surface area contributed by atoms with E-state index in [0.29, 0.717) is 0 Å². The molecule has 3 heterocycles. The van der Waals surface area contributed by atoms with Crippen molar-refractivity contribution in [2.45, 2.75) is 12.8 Å². The van der Waals surface area contributed by atoms with E-state index < -0.39 is 0 Å². The van der Waals surface area contributed by atoms with Gasteiger partial charge in [-0.05, 0) is 32.5 Å². The van der Waals surface area contributed by atoms with Gasteiger partial charge in [0.15, 0.2) is 5.65 Å². The van der Waals surface area contributed by atoms with Crippen LogP contribution in [0.4, 0.5) is 5.82 Å². The van der Waals surface area contributed by atoms with Crippen molar-refractivity contribution in [1.82, 2.24) is 24.6 Å². The normalized spacial score (nSPS) is 17.3. The lowest BCUT2D eigenvalue weighted by Gasteiger charge is -2.22. The molecule has 0 aromatic carbocycles. The third kappa shape index (κ3) is 2.98. The van der Waals surface area contributed by atoms with Crippen LogP contribution in [0, 0.1) is 0 Å². The maximum atomic E-state index is 5.60. The number of anilines is 1. The average Bonchev–Trinajstić information content (AvgIpc) is 2.74. The number of aryl methyl sites for hydroxylation is 1. The maximum Gasteiger partial charge on any atom is 0.163 e. The van der Waals surface area contributed by atoms with Crippen molar-refractivity contribution in [1.29, 1.82) is 0 Å². The molecule has 0 bridgehead atoms. The van der Waals surface area contributed by atoms with E-state index in [0.717, 1.165) is 69.0 Å². The average molecular weight is 289 g/mol. The second-order valence-corrected chi connectivity index (χ2v) is 5.53. The summed E-state index contributed by atoms with van der Waals surface area (Å²) in [5, 5.41) is 5.33. The molecule has 0 atom stereocenters. The highest BCUT2D eigenvalue weighted by atomic mass is 15.3. The fourth-order valence-corrected chi connectivity index (χ4v) is 2.92. The monoisotopic (exact) mass is 289 g/mol. The molecule has 0 spiro atoms. The summed E-state index contributed by atoms with van der Waals surface area (Å²) in [6.45, 7) is 6.08. The summed E-state index contributed by atoms with van der Waals surface area (Å²) in [5.41, 5.74) is 6.50. The van der Waals surface area contributed by atoms with E-state index in [9.17, 15) is 0 Å². The number of nitrogens with zero attached hydrogens (tertiary/aromatic N) is 6. The molecule has 1 aliphatic rings. The van der Waals surface area contributed by atoms with Gasteiger partial charge in [0.05, 0.1) is 11.6 Å². The van der Waals surface area contributed by atoms with Crippen LogP contribution in [0.15, 0.2) is 12.5 Å². The first kappa shape index (κ1) is 14.2. The lowest BCUT2D eigenvalue weighted by molar-refractivity contribution is 0.291. The highest BCUT2D eigenvalue weighted by molar-refractivity contribution is 5.86. The summed E-state index contributed by atoms with van der Waals surface area (Å²) in [7, 11) is 1.91. The second-order valence-electron chi connectivity index (χ2n) is 5.53. The molecule has 1 aliphatic heterocycles. The van der Waals surface area contributed by atoms with Crippen LogP contribution < -0.4 is 10.6 Å². The van der Waals surface area contributed by atoms with Crippen LogP contribution in [-0.4, -0.2) is 63.9 Å². The van der Waals surface area contributed by atoms with Crippen molar-refractivity contribution in [2.24, 2.45) is 12.8 Å². The molecule has 114 valence electrons. The summed E-state index contributed by atoms with van der Waals surface area (Å²) in [6.07, 6.45) is 5.72. The van der Waals surface area contributed by atoms with Crippen LogP contribution in [0.1, 0.15) is 12.8 Å². The lowest BCUT2D eigenvalue weighted by Crippen LogP contribution is -2.32. The predicted molar refractivity (Wildman–Crippen MR) is 83.2 cm³/mol. The standard InChI is InChI=1S/C14H23N7/c1-19-13-12(10-18-19)14(17-11-16-13)21-7-3-6-20(8-9-21)5-2-4-15/h10-11H,2-9,15H2,1H3. The molecule has 2 aromatic heterocycles. The number of aromatic nitrogens is 4. The fourth-order valence-electron chi connectivity index (χ4n) is 2.92. The van der Waals surface area contributed by atoms with Crippen LogP contribution in [0.3, 0.4) is 0 Å². The molecule has 1 saturated heterocycles. The molecule has 0 radical (unpaired) electrons. The van der Waals surface area contributed by atoms with E-state index in [-0.39, 0.29) is 0 Å². The minimum absolute atomic E-state index is 0.766. The minimum Gasteiger partial charge on any atom is -0.355 e. The van der Waals surface area contributed by atoms with Gasteiger partial charge in [0.25, 0.3) is 0 Å². The Balaban J connectivity index is 1.77. The molecule has 0 aliphatic carbocycles. The van der Waals surface area contributed by atoms with E-state index in [4.69, 9.17) is 5.73 Å². The van der Waals surface area contributed by atoms with Crippen LogP contribution >= 0.6 is 0 Å². The first-order valence-electron chi connectivity index (χ1n) is 7.59. The maximum absolute atomic E-state index is 5.60. The Labute approximate surface area is 124 Å². The summed E-state index contributed by atoms with van der Waals surface area (Å²) < 4.78 is 1.80. The third-order valence-electron chi connectivity index (χ3n) is 4.07. The Morgan fingerprint density at radius 1 is 1.19 bits per heavy atom. The van der Waals surface area contributed by atoms with Crippen LogP contribution in [-0.2, 0) is 7.05 Å². The number of fused-ring (bicyclic) bond motifs is 1. The molecular weight excluding hydrogens is 266 g/mol. The van der Waals surface area contributed by atoms with Crippen molar-refractivity contribution >= 4 is 16.9 Å². The first-order chi connectivity index (χ1) is 10.3. The van der Waals surface area contributed by atoms with E-state index in [1.165, 1.54) is 0 Å². The number of hydrogen-bond acceptors (Lipinski definition) is 6. The first-order valence-corrected chi connectivity index (χ1v) is 7.59. The molecule has 0 unspecified atom stereocenters. The molecule has 7 heteroatoms. The van der Waals surface area contributed by atoms with Gasteiger partial charge in [-0.15, -0.1) is 0 Å². The van der Waals surface area contributed by atoms with Crippen molar-refractivity contribution in [3.63, 3.8) is 0 Å². The van der Waals surface area contributed by atoms with Crippen molar-refractivity contribution in [3.8, 4) is 0 Å². The van der Waals surface area contributed by atoms with Crippen LogP contribution in [0.5, 0.6) is 0 Å². The largest absolute Gasteiger partial charge is 0.355 e. The zero-order chi connectivity index (χ0) is 14.7. The van der Waals surface area contributed by atoms with E-state index in [1.54, 1.807) is 11.0 Å². The summed E-state index contributed by atoms with van der Waals surface area (Å²) in [5.74, 6) is 1.01. The van der Waals surface area contributed by atoms with Gasteiger partial charge in [0, 0.05) is 26.7 Å². The van der Waals surface area contributed by atoms with Gasteiger partial charge in [0.1, 0.15) is 12.1 Å². The summed E-state index contributed by atoms with van der Waals surface area (Å²) in [4.78, 5) is 13.7. The van der Waals surface area contributed by atoms with Gasteiger partial charge in [0.2, 0.25) is 0 Å². The molecule has 0 saturated carbocycles. The van der Waals surface area contributed by atoms with Gasteiger partial charge in [-0.3, -0.25) is 4.68 Å². The minimum atomic E-state index is 0.766. The number of rotatable bonds is 4. The highest BCUT2D eigenvalue weighted by Gasteiger charge is 2.18. The molecule has 0 amide bonds. The Kier molecular flexibility index (Phi) is 4.31. The number of nitrogens with two attached hydrogens (primary N) is 1. The molecule has 21 heavy (non-hydrogen) atoms. The Hall–Kier alpha value is -1.73. The second kappa shape index (κ2) is 6.36. The third-order valence-corrected chi connectivity index (χ3v) is 4.07. The van der Waals surface area contributed by atoms with Gasteiger partial charge >= 0.3 is 0 Å². The molecule has 2 N–H and O–H groups in total. The topological polar surface area (TPSA) is 76.1 Å². The van der Waals surface area contributed by atoms with Gasteiger partial charge < -0.3 is 15.5 Å². The van der Waals surface area contributed by atoms with Crippen LogP contribution in [0.2, 0.25) is 0 Å². The Bertz CT molecular complexity index is 594. The van der Waals surface area contributed by atoms with E-state index in [1.807, 2.05) is 13.2 Å². The summed E-state index contributed by atoms with van der Waals surface area (Å²) >= 11 is 0. The van der Waals surface area contributed by atoms with Gasteiger partial charge in [-0.2, -0.15) is 5.10 Å². The zero-order valence-corrected chi connectivity index (χ0v) is 12.6. The SMILES string of the molecule is Cn1ncc2c(N3CCCN(CCCN)CC3)ncnc21. The van der Waals surface area contributed by atoms with Crippen molar-refractivity contribution in [3.05, 3.63) is 12.5 Å². The van der Waals surface area contributed by atoms with Crippen LogP contribution in [0.25, 0.3) is 11.0 Å². The quantitative estimate of drug-likeness (QED) is 0.868. The smallest absolute Gasteiger partial charge is 0.163 e. The highest BCUT2D eigenvalue weighted by Crippen LogP contribution is 2.23. The van der Waals surface area contributed by atoms with Crippen molar-refractivity contribution < 1.29 is 0 Å². The molecule has 1 fully saturated rings. The Morgan fingerprint density at radius 2 is 2.10 bits per heavy atom. The fraction of sp³-hybridized carbons (Fsp3) is 0.643. The van der Waals surface area contributed by atoms with E-state index in [2.05, 4.69) is 24.9 Å². The van der Waals surface area contributed by atoms with Crippen molar-refractivity contribution in [2.75, 3.05) is 44.2 Å². The van der Waals surface area contributed by atoms with Gasteiger partial charge in [-0.1, -0.05) is 0 Å². The zero-order valence-electron chi connectivity index (χ0n) is 12.6. The predicted octanol–water partition coefficient (Wildman–Crippen LogP) is 0.224. The van der Waals surface area contributed by atoms with E-state index >= 15 is 0 Å². The number of hydrogen-bond donors (Lipinski definition) is 1. The Morgan fingerprint density at radius 3 is 2.95 bits per heavy atom.